The predicted molar refractivity (Wildman–Crippen MR) is 113 cm³/mol. The van der Waals surface area contributed by atoms with Gasteiger partial charge in [0, 0.05) is 0 Å². The summed E-state index contributed by atoms with van der Waals surface area (Å²) >= 11 is 13.8. The molecule has 3 nitrogen and oxygen atoms in total. The minimum atomic E-state index is -0.439. The van der Waals surface area contributed by atoms with E-state index in [-0.39, 0.29) is 5.91 Å². The van der Waals surface area contributed by atoms with Crippen molar-refractivity contribution in [3.63, 3.8) is 0 Å². The van der Waals surface area contributed by atoms with Crippen molar-refractivity contribution < 1.29 is 4.79 Å². The molecule has 0 aliphatic carbocycles. The number of hydrogen-bond donors (Lipinski definition) is 1. The van der Waals surface area contributed by atoms with Crippen LogP contribution in [-0.2, 0) is 4.79 Å². The van der Waals surface area contributed by atoms with Crippen molar-refractivity contribution >= 4 is 55.8 Å². The largest absolute Gasteiger partial charge is 0.301 e. The van der Waals surface area contributed by atoms with Crippen LogP contribution in [0.15, 0.2) is 72.8 Å². The molecule has 0 fully saturated rings. The summed E-state index contributed by atoms with van der Waals surface area (Å²) in [6.07, 6.45) is 0. The number of aromatic nitrogens is 1. The Morgan fingerprint density at radius 2 is 1.41 bits per heavy atom. The molecule has 1 amide bonds. The van der Waals surface area contributed by atoms with Gasteiger partial charge in [0.05, 0.1) is 20.7 Å². The van der Waals surface area contributed by atoms with Gasteiger partial charge in [-0.05, 0) is 23.3 Å². The first-order chi connectivity index (χ1) is 13.1. The molecule has 0 saturated heterocycles. The molecule has 27 heavy (non-hydrogen) atoms. The monoisotopic (exact) mass is 412 g/mol. The number of halogens is 2. The van der Waals surface area contributed by atoms with Crippen LogP contribution in [0.3, 0.4) is 0 Å². The molecule has 1 heterocycles. The van der Waals surface area contributed by atoms with Crippen molar-refractivity contribution in [2.24, 2.45) is 0 Å². The number of benzene rings is 3. The van der Waals surface area contributed by atoms with Crippen LogP contribution in [-0.4, -0.2) is 10.9 Å². The van der Waals surface area contributed by atoms with Crippen molar-refractivity contribution in [1.29, 1.82) is 0 Å². The van der Waals surface area contributed by atoms with Gasteiger partial charge >= 0.3 is 0 Å². The number of rotatable bonds is 4. The third-order valence-corrected chi connectivity index (χ3v) is 5.94. The summed E-state index contributed by atoms with van der Waals surface area (Å²) in [6, 6.07) is 22.8. The summed E-state index contributed by atoms with van der Waals surface area (Å²) in [7, 11) is 0. The number of carbonyl (C=O) groups is 1. The summed E-state index contributed by atoms with van der Waals surface area (Å²) in [5.74, 6) is -0.593. The number of amides is 1. The van der Waals surface area contributed by atoms with Crippen molar-refractivity contribution in [2.45, 2.75) is 5.92 Å². The average Bonchev–Trinajstić information content (AvgIpc) is 3.12. The Balaban J connectivity index is 1.71. The second kappa shape index (κ2) is 7.69. The lowest BCUT2D eigenvalue weighted by Crippen LogP contribution is -2.22. The fraction of sp³-hybridized carbons (Fsp3) is 0.0476. The molecule has 3 aromatic carbocycles. The van der Waals surface area contributed by atoms with Gasteiger partial charge < -0.3 is 5.32 Å². The van der Waals surface area contributed by atoms with Gasteiger partial charge in [0.15, 0.2) is 5.13 Å². The Bertz CT molecular complexity index is 1020. The maximum Gasteiger partial charge on any atom is 0.238 e. The summed E-state index contributed by atoms with van der Waals surface area (Å²) in [5.41, 5.74) is 2.43. The van der Waals surface area contributed by atoms with Gasteiger partial charge in [-0.1, -0.05) is 95.2 Å². The third kappa shape index (κ3) is 3.69. The molecular weight excluding hydrogens is 399 g/mol. The van der Waals surface area contributed by atoms with Crippen LogP contribution in [0.4, 0.5) is 5.13 Å². The van der Waals surface area contributed by atoms with E-state index in [0.717, 1.165) is 15.8 Å². The smallest absolute Gasteiger partial charge is 0.238 e. The Labute approximate surface area is 170 Å². The molecule has 4 aromatic rings. The van der Waals surface area contributed by atoms with Crippen molar-refractivity contribution in [3.05, 3.63) is 94.0 Å². The molecule has 0 spiro atoms. The topological polar surface area (TPSA) is 42.0 Å². The minimum Gasteiger partial charge on any atom is -0.301 e. The SMILES string of the molecule is O=C(Nc1nc2c(Cl)ccc(Cl)c2s1)C(c1ccccc1)c1ccccc1. The highest BCUT2D eigenvalue weighted by atomic mass is 35.5. The normalized spacial score (nSPS) is 11.1. The predicted octanol–water partition coefficient (Wildman–Crippen LogP) is 6.37. The highest BCUT2D eigenvalue weighted by Gasteiger charge is 2.24. The first kappa shape index (κ1) is 18.0. The molecule has 0 aliphatic heterocycles. The van der Waals surface area contributed by atoms with Gasteiger partial charge in [0.1, 0.15) is 5.52 Å². The number of fused-ring (bicyclic) bond motifs is 1. The van der Waals surface area contributed by atoms with Crippen molar-refractivity contribution in [2.75, 3.05) is 5.32 Å². The lowest BCUT2D eigenvalue weighted by Gasteiger charge is -2.16. The Hall–Kier alpha value is -2.40. The van der Waals surface area contributed by atoms with Crippen molar-refractivity contribution in [3.8, 4) is 0 Å². The molecule has 1 N–H and O–H groups in total. The lowest BCUT2D eigenvalue weighted by atomic mass is 9.90. The van der Waals surface area contributed by atoms with Crippen LogP contribution < -0.4 is 5.32 Å². The second-order valence-corrected chi connectivity index (χ2v) is 7.78. The second-order valence-electron chi connectivity index (χ2n) is 5.97. The zero-order chi connectivity index (χ0) is 18.8. The first-order valence-corrected chi connectivity index (χ1v) is 9.86. The highest BCUT2D eigenvalue weighted by molar-refractivity contribution is 7.23. The van der Waals surface area contributed by atoms with Gasteiger partial charge in [-0.15, -0.1) is 0 Å². The maximum absolute atomic E-state index is 13.1. The van der Waals surface area contributed by atoms with E-state index >= 15 is 0 Å². The van der Waals surface area contributed by atoms with Gasteiger partial charge in [0.25, 0.3) is 0 Å². The fourth-order valence-electron chi connectivity index (χ4n) is 2.96. The fourth-order valence-corrected chi connectivity index (χ4v) is 4.39. The number of nitrogens with one attached hydrogen (secondary N) is 1. The van der Waals surface area contributed by atoms with E-state index < -0.39 is 5.92 Å². The van der Waals surface area contributed by atoms with Crippen LogP contribution in [0, 0.1) is 0 Å². The van der Waals surface area contributed by atoms with E-state index in [0.29, 0.717) is 20.7 Å². The molecule has 0 bridgehead atoms. The van der Waals surface area contributed by atoms with Gasteiger partial charge in [0.2, 0.25) is 5.91 Å². The summed E-state index contributed by atoms with van der Waals surface area (Å²) in [6.45, 7) is 0. The van der Waals surface area contributed by atoms with E-state index in [1.807, 2.05) is 60.7 Å². The molecule has 4 rings (SSSR count). The average molecular weight is 413 g/mol. The van der Waals surface area contributed by atoms with Crippen LogP contribution >= 0.6 is 34.5 Å². The zero-order valence-electron chi connectivity index (χ0n) is 14.0. The molecule has 0 radical (unpaired) electrons. The van der Waals surface area contributed by atoms with Crippen molar-refractivity contribution in [1.82, 2.24) is 4.98 Å². The zero-order valence-corrected chi connectivity index (χ0v) is 16.4. The van der Waals surface area contributed by atoms with Gasteiger partial charge in [-0.2, -0.15) is 0 Å². The minimum absolute atomic E-state index is 0.154. The Morgan fingerprint density at radius 3 is 1.96 bits per heavy atom. The van der Waals surface area contributed by atoms with Crippen LogP contribution in [0.5, 0.6) is 0 Å². The van der Waals surface area contributed by atoms with Crippen LogP contribution in [0.1, 0.15) is 17.0 Å². The summed E-state index contributed by atoms with van der Waals surface area (Å²) < 4.78 is 0.760. The van der Waals surface area contributed by atoms with E-state index in [2.05, 4.69) is 10.3 Å². The quantitative estimate of drug-likeness (QED) is 0.422. The third-order valence-electron chi connectivity index (χ3n) is 4.20. The van der Waals surface area contributed by atoms with E-state index in [1.54, 1.807) is 12.1 Å². The van der Waals surface area contributed by atoms with Gasteiger partial charge in [-0.25, -0.2) is 4.98 Å². The first-order valence-electron chi connectivity index (χ1n) is 8.29. The molecule has 0 saturated carbocycles. The lowest BCUT2D eigenvalue weighted by molar-refractivity contribution is -0.116. The Kier molecular flexibility index (Phi) is 5.12. The number of hydrogen-bond acceptors (Lipinski definition) is 3. The van der Waals surface area contributed by atoms with Crippen LogP contribution in [0.25, 0.3) is 10.2 Å². The summed E-state index contributed by atoms with van der Waals surface area (Å²) in [5, 5.41) is 4.48. The standard InChI is InChI=1S/C21H14Cl2N2OS/c22-15-11-12-16(23)19-18(15)24-21(27-19)25-20(26)17(13-7-3-1-4-8-13)14-9-5-2-6-10-14/h1-12,17H,(H,24,25,26). The molecule has 0 aliphatic rings. The molecule has 0 unspecified atom stereocenters. The number of nitrogens with zero attached hydrogens (tertiary/aromatic N) is 1. The maximum atomic E-state index is 13.1. The molecule has 1 aromatic heterocycles. The molecular formula is C21H14Cl2N2OS. The van der Waals surface area contributed by atoms with E-state index in [1.165, 1.54) is 11.3 Å². The molecule has 134 valence electrons. The molecule has 6 heteroatoms. The van der Waals surface area contributed by atoms with E-state index in [4.69, 9.17) is 23.2 Å². The number of thiazole rings is 1. The highest BCUT2D eigenvalue weighted by Crippen LogP contribution is 2.36. The van der Waals surface area contributed by atoms with Gasteiger partial charge in [-0.3, -0.25) is 4.79 Å². The summed E-state index contributed by atoms with van der Waals surface area (Å²) in [4.78, 5) is 17.6. The Morgan fingerprint density at radius 1 is 0.852 bits per heavy atom. The van der Waals surface area contributed by atoms with Crippen LogP contribution in [0.2, 0.25) is 10.0 Å². The number of carbonyl (C=O) groups excluding carboxylic acids is 1. The van der Waals surface area contributed by atoms with E-state index in [9.17, 15) is 4.79 Å². The number of anilines is 1. The molecule has 0 atom stereocenters.